The molecule has 5 rings (SSSR count). The number of hydrogen-bond donors (Lipinski definition) is 1. The fourth-order valence-corrected chi connectivity index (χ4v) is 4.26. The molecule has 0 bridgehead atoms. The van der Waals surface area contributed by atoms with E-state index >= 15 is 0 Å². The van der Waals surface area contributed by atoms with E-state index in [4.69, 9.17) is 18.6 Å². The number of hydrogen-bond acceptors (Lipinski definition) is 7. The Morgan fingerprint density at radius 1 is 1.11 bits per heavy atom. The average molecular weight is 505 g/mol. The minimum absolute atomic E-state index is 0.0278. The monoisotopic (exact) mass is 504 g/mol. The Labute approximate surface area is 214 Å². The molecule has 1 N–H and O–H groups in total. The standard InChI is InChI=1S/C28H28N2O7/c1-18-4-7-20(8-5-18)35-16-24(31)19-6-10-25-23(13-19)30(27(32)17-36-25)15-22-9-11-26(37-22)28(33)29-14-21-3-2-12-34-21/h4-11,13,21H,2-3,12,14-17H2,1H3,(H,29,33)/t21-/m1/s1. The number of nitrogens with zero attached hydrogens (tertiary/aromatic N) is 1. The molecule has 9 nitrogen and oxygen atoms in total. The molecule has 1 saturated heterocycles. The van der Waals surface area contributed by atoms with Crippen LogP contribution < -0.4 is 19.7 Å². The van der Waals surface area contributed by atoms with Gasteiger partial charge in [0.05, 0.1) is 18.3 Å². The van der Waals surface area contributed by atoms with Crippen molar-refractivity contribution in [1.29, 1.82) is 0 Å². The van der Waals surface area contributed by atoms with Gasteiger partial charge in [-0.05, 0) is 62.2 Å². The maximum Gasteiger partial charge on any atom is 0.287 e. The van der Waals surface area contributed by atoms with Crippen LogP contribution >= 0.6 is 0 Å². The number of ether oxygens (including phenoxy) is 3. The number of amides is 2. The van der Waals surface area contributed by atoms with Gasteiger partial charge in [-0.25, -0.2) is 0 Å². The van der Waals surface area contributed by atoms with Gasteiger partial charge in [0, 0.05) is 18.7 Å². The van der Waals surface area contributed by atoms with Gasteiger partial charge < -0.3 is 23.9 Å². The number of benzene rings is 2. The largest absolute Gasteiger partial charge is 0.485 e. The summed E-state index contributed by atoms with van der Waals surface area (Å²) in [7, 11) is 0. The Bertz CT molecular complexity index is 1290. The molecule has 9 heteroatoms. The summed E-state index contributed by atoms with van der Waals surface area (Å²) in [5.74, 6) is 0.825. The van der Waals surface area contributed by atoms with Crippen LogP contribution in [0.15, 0.2) is 59.0 Å². The number of anilines is 1. The summed E-state index contributed by atoms with van der Waals surface area (Å²) < 4.78 is 22.4. The first kappa shape index (κ1) is 24.6. The van der Waals surface area contributed by atoms with Crippen LogP contribution in [0.3, 0.4) is 0 Å². The number of carbonyl (C=O) groups excluding carboxylic acids is 3. The van der Waals surface area contributed by atoms with Crippen molar-refractivity contribution in [1.82, 2.24) is 5.32 Å². The van der Waals surface area contributed by atoms with Crippen molar-refractivity contribution in [3.05, 3.63) is 77.2 Å². The summed E-state index contributed by atoms with van der Waals surface area (Å²) >= 11 is 0. The second-order valence-corrected chi connectivity index (χ2v) is 9.09. The van der Waals surface area contributed by atoms with Gasteiger partial charge in [0.25, 0.3) is 11.8 Å². The normalized spacial score (nSPS) is 16.7. The summed E-state index contributed by atoms with van der Waals surface area (Å²) in [5.41, 5.74) is 1.95. The van der Waals surface area contributed by atoms with Gasteiger partial charge >= 0.3 is 0 Å². The molecule has 1 aromatic heterocycles. The zero-order chi connectivity index (χ0) is 25.8. The molecule has 0 radical (unpaired) electrons. The van der Waals surface area contributed by atoms with E-state index in [0.29, 0.717) is 41.7 Å². The first-order chi connectivity index (χ1) is 18.0. The Kier molecular flexibility index (Phi) is 7.23. The van der Waals surface area contributed by atoms with Gasteiger partial charge in [0.1, 0.15) is 17.3 Å². The third-order valence-corrected chi connectivity index (χ3v) is 6.33. The Morgan fingerprint density at radius 2 is 1.95 bits per heavy atom. The van der Waals surface area contributed by atoms with Gasteiger partial charge in [-0.15, -0.1) is 0 Å². The Morgan fingerprint density at radius 3 is 2.73 bits per heavy atom. The highest BCUT2D eigenvalue weighted by molar-refractivity contribution is 6.02. The van der Waals surface area contributed by atoms with E-state index in [2.05, 4.69) is 5.32 Å². The van der Waals surface area contributed by atoms with Crippen LogP contribution in [-0.4, -0.2) is 50.1 Å². The quantitative estimate of drug-likeness (QED) is 0.443. The summed E-state index contributed by atoms with van der Waals surface area (Å²) in [6.07, 6.45) is 1.94. The van der Waals surface area contributed by atoms with E-state index < -0.39 is 0 Å². The maximum absolute atomic E-state index is 12.8. The van der Waals surface area contributed by atoms with Gasteiger partial charge in [-0.1, -0.05) is 17.7 Å². The van der Waals surface area contributed by atoms with Crippen molar-refractivity contribution >= 4 is 23.3 Å². The third-order valence-electron chi connectivity index (χ3n) is 6.33. The average Bonchev–Trinajstić information content (AvgIpc) is 3.61. The third kappa shape index (κ3) is 5.83. The van der Waals surface area contributed by atoms with E-state index in [9.17, 15) is 14.4 Å². The number of fused-ring (bicyclic) bond motifs is 1. The predicted molar refractivity (Wildman–Crippen MR) is 134 cm³/mol. The van der Waals surface area contributed by atoms with Gasteiger partial charge in [-0.2, -0.15) is 0 Å². The highest BCUT2D eigenvalue weighted by Crippen LogP contribution is 2.34. The number of rotatable bonds is 9. The molecule has 1 fully saturated rings. The first-order valence-corrected chi connectivity index (χ1v) is 12.2. The van der Waals surface area contributed by atoms with E-state index in [1.54, 1.807) is 30.3 Å². The molecule has 37 heavy (non-hydrogen) atoms. The van der Waals surface area contributed by atoms with Crippen LogP contribution in [-0.2, 0) is 16.1 Å². The lowest BCUT2D eigenvalue weighted by Crippen LogP contribution is -2.38. The van der Waals surface area contributed by atoms with Crippen molar-refractivity contribution in [2.45, 2.75) is 32.4 Å². The molecule has 0 unspecified atom stereocenters. The van der Waals surface area contributed by atoms with Crippen LogP contribution in [0.1, 0.15) is 45.1 Å². The second-order valence-electron chi connectivity index (χ2n) is 9.09. The van der Waals surface area contributed by atoms with Gasteiger partial charge in [0.2, 0.25) is 0 Å². The van der Waals surface area contributed by atoms with E-state index in [1.807, 2.05) is 31.2 Å². The second kappa shape index (κ2) is 10.9. The van der Waals surface area contributed by atoms with Crippen molar-refractivity contribution < 1.29 is 33.0 Å². The highest BCUT2D eigenvalue weighted by Gasteiger charge is 2.28. The number of nitrogens with one attached hydrogen (secondary N) is 1. The van der Waals surface area contributed by atoms with Crippen molar-refractivity contribution in [3.63, 3.8) is 0 Å². The number of carbonyl (C=O) groups is 3. The lowest BCUT2D eigenvalue weighted by atomic mass is 10.1. The van der Waals surface area contributed by atoms with Crippen molar-refractivity contribution in [3.8, 4) is 11.5 Å². The topological polar surface area (TPSA) is 107 Å². The molecule has 1 atom stereocenters. The lowest BCUT2D eigenvalue weighted by molar-refractivity contribution is -0.121. The SMILES string of the molecule is Cc1ccc(OCC(=O)c2ccc3c(c2)N(Cc2ccc(C(=O)NC[C@H]4CCCO4)o2)C(=O)CO3)cc1. The van der Waals surface area contributed by atoms with Crippen LogP contribution in [0.2, 0.25) is 0 Å². The fourth-order valence-electron chi connectivity index (χ4n) is 4.26. The van der Waals surface area contributed by atoms with Crippen LogP contribution in [0, 0.1) is 6.92 Å². The molecule has 3 heterocycles. The first-order valence-electron chi connectivity index (χ1n) is 12.2. The van der Waals surface area contributed by atoms with Crippen molar-refractivity contribution in [2.24, 2.45) is 0 Å². The molecule has 0 spiro atoms. The summed E-state index contributed by atoms with van der Waals surface area (Å²) in [6.45, 7) is 2.93. The fraction of sp³-hybridized carbons (Fsp3) is 0.321. The molecule has 0 saturated carbocycles. The van der Waals surface area contributed by atoms with Crippen molar-refractivity contribution in [2.75, 3.05) is 31.3 Å². The van der Waals surface area contributed by atoms with E-state index in [1.165, 1.54) is 4.90 Å². The number of Topliss-reactive ketones (excluding diaryl/α,β-unsaturated/α-hetero) is 1. The van der Waals surface area contributed by atoms with Gasteiger partial charge in [-0.3, -0.25) is 19.3 Å². The Hall–Kier alpha value is -4.11. The number of aryl methyl sites for hydroxylation is 1. The lowest BCUT2D eigenvalue weighted by Gasteiger charge is -2.29. The summed E-state index contributed by atoms with van der Waals surface area (Å²) in [4.78, 5) is 39.5. The molecule has 2 amide bonds. The van der Waals surface area contributed by atoms with E-state index in [0.717, 1.165) is 18.4 Å². The summed E-state index contributed by atoms with van der Waals surface area (Å²) in [5, 5.41) is 2.82. The molecule has 2 aliphatic rings. The minimum atomic E-state index is -0.336. The van der Waals surface area contributed by atoms with Crippen LogP contribution in [0.5, 0.6) is 11.5 Å². The molecule has 192 valence electrons. The van der Waals surface area contributed by atoms with E-state index in [-0.39, 0.29) is 49.2 Å². The molecule has 2 aliphatic heterocycles. The Balaban J connectivity index is 1.25. The zero-order valence-electron chi connectivity index (χ0n) is 20.5. The number of furan rings is 1. The zero-order valence-corrected chi connectivity index (χ0v) is 20.5. The smallest absolute Gasteiger partial charge is 0.287 e. The van der Waals surface area contributed by atoms with Crippen LogP contribution in [0.25, 0.3) is 0 Å². The molecular weight excluding hydrogens is 476 g/mol. The summed E-state index contributed by atoms with van der Waals surface area (Å²) in [6, 6.07) is 15.6. The molecule has 3 aromatic rings. The highest BCUT2D eigenvalue weighted by atomic mass is 16.5. The molecular formula is C28H28N2O7. The molecule has 2 aromatic carbocycles. The predicted octanol–water partition coefficient (Wildman–Crippen LogP) is 3.68. The minimum Gasteiger partial charge on any atom is -0.485 e. The van der Waals surface area contributed by atoms with Crippen LogP contribution in [0.4, 0.5) is 5.69 Å². The number of ketones is 1. The molecule has 0 aliphatic carbocycles. The maximum atomic E-state index is 12.8. The van der Waals surface area contributed by atoms with Gasteiger partial charge in [0.15, 0.2) is 24.8 Å².